The number of H-pyrrole nitrogens is 1. The van der Waals surface area contributed by atoms with Gasteiger partial charge in [-0.05, 0) is 55.8 Å². The molecule has 0 spiro atoms. The number of amides is 1. The van der Waals surface area contributed by atoms with Gasteiger partial charge >= 0.3 is 0 Å². The van der Waals surface area contributed by atoms with Crippen molar-refractivity contribution in [3.63, 3.8) is 0 Å². The molecule has 2 heterocycles. The van der Waals surface area contributed by atoms with Gasteiger partial charge in [0.05, 0.1) is 13.7 Å². The fourth-order valence-electron chi connectivity index (χ4n) is 3.12. The molecule has 0 unspecified atom stereocenters. The summed E-state index contributed by atoms with van der Waals surface area (Å²) in [5.74, 6) is 0.829. The standard InChI is InChI=1S/C22H20ClN5O3/c1-13-14(2)24-21-25-22(26-28(21)19(13)29)27(12-15-4-10-18(31-3)11-5-15)20(30)16-6-8-17(23)9-7-16/h4-11H,12H2,1-3H3,(H,24,25,26). The number of aryl methyl sites for hydroxylation is 1. The van der Waals surface area contributed by atoms with Gasteiger partial charge in [-0.15, -0.1) is 0 Å². The number of carbonyl (C=O) groups excluding carboxylic acids is 1. The Morgan fingerprint density at radius 3 is 2.42 bits per heavy atom. The van der Waals surface area contributed by atoms with Gasteiger partial charge in [0, 0.05) is 21.8 Å². The number of methoxy groups -OCH3 is 1. The van der Waals surface area contributed by atoms with Crippen LogP contribution in [-0.2, 0) is 6.54 Å². The number of nitrogens with zero attached hydrogens (tertiary/aromatic N) is 4. The molecule has 2 aromatic carbocycles. The van der Waals surface area contributed by atoms with Crippen LogP contribution in [0.1, 0.15) is 27.2 Å². The van der Waals surface area contributed by atoms with Crippen LogP contribution in [-0.4, -0.2) is 32.6 Å². The second kappa shape index (κ2) is 8.23. The maximum Gasteiger partial charge on any atom is 0.277 e. The third-order valence-corrected chi connectivity index (χ3v) is 5.30. The minimum absolute atomic E-state index is 0.201. The van der Waals surface area contributed by atoms with E-state index < -0.39 is 0 Å². The Morgan fingerprint density at radius 2 is 1.77 bits per heavy atom. The first-order valence-corrected chi connectivity index (χ1v) is 9.91. The second-order valence-electron chi connectivity index (χ2n) is 7.06. The zero-order valence-electron chi connectivity index (χ0n) is 17.2. The summed E-state index contributed by atoms with van der Waals surface area (Å²) in [6.07, 6.45) is 0. The number of aromatic nitrogens is 4. The number of carbonyl (C=O) groups is 1. The highest BCUT2D eigenvalue weighted by molar-refractivity contribution is 6.30. The molecule has 8 nitrogen and oxygen atoms in total. The summed E-state index contributed by atoms with van der Waals surface area (Å²) in [6.45, 7) is 3.67. The smallest absolute Gasteiger partial charge is 0.277 e. The number of rotatable bonds is 5. The summed E-state index contributed by atoms with van der Waals surface area (Å²) in [7, 11) is 1.59. The Labute approximate surface area is 183 Å². The highest BCUT2D eigenvalue weighted by Crippen LogP contribution is 2.20. The average Bonchev–Trinajstić information content (AvgIpc) is 3.20. The lowest BCUT2D eigenvalue weighted by molar-refractivity contribution is 0.0983. The second-order valence-corrected chi connectivity index (χ2v) is 7.49. The van der Waals surface area contributed by atoms with Gasteiger partial charge < -0.3 is 4.74 Å². The molecule has 9 heteroatoms. The molecular weight excluding hydrogens is 418 g/mol. The van der Waals surface area contributed by atoms with E-state index >= 15 is 0 Å². The van der Waals surface area contributed by atoms with Crippen LogP contribution in [0.15, 0.2) is 53.3 Å². The van der Waals surface area contributed by atoms with Gasteiger partial charge in [0.2, 0.25) is 5.95 Å². The number of fused-ring (bicyclic) bond motifs is 1. The van der Waals surface area contributed by atoms with Gasteiger partial charge in [0.15, 0.2) is 0 Å². The predicted molar refractivity (Wildman–Crippen MR) is 118 cm³/mol. The van der Waals surface area contributed by atoms with E-state index in [9.17, 15) is 9.59 Å². The molecule has 1 N–H and O–H groups in total. The Kier molecular flexibility index (Phi) is 5.48. The van der Waals surface area contributed by atoms with E-state index in [0.717, 1.165) is 5.56 Å². The molecule has 0 radical (unpaired) electrons. The fourth-order valence-corrected chi connectivity index (χ4v) is 3.24. The van der Waals surface area contributed by atoms with E-state index in [1.165, 1.54) is 9.42 Å². The third kappa shape index (κ3) is 4.02. The molecule has 1 amide bonds. The Hall–Kier alpha value is -3.65. The molecule has 4 aromatic rings. The van der Waals surface area contributed by atoms with E-state index in [0.29, 0.717) is 27.6 Å². The number of benzene rings is 2. The van der Waals surface area contributed by atoms with Crippen LogP contribution in [0.2, 0.25) is 5.02 Å². The highest BCUT2D eigenvalue weighted by atomic mass is 35.5. The van der Waals surface area contributed by atoms with Crippen LogP contribution in [0.3, 0.4) is 0 Å². The maximum absolute atomic E-state index is 13.4. The summed E-state index contributed by atoms with van der Waals surface area (Å²) in [4.78, 5) is 36.2. The number of aromatic amines is 1. The van der Waals surface area contributed by atoms with Crippen molar-refractivity contribution in [3.05, 3.63) is 86.3 Å². The molecule has 2 aromatic heterocycles. The molecule has 158 valence electrons. The molecule has 0 aliphatic rings. The van der Waals surface area contributed by atoms with Gasteiger partial charge in [-0.25, -0.2) is 4.98 Å². The van der Waals surface area contributed by atoms with Crippen molar-refractivity contribution < 1.29 is 9.53 Å². The lowest BCUT2D eigenvalue weighted by atomic mass is 10.1. The first-order chi connectivity index (χ1) is 14.9. The van der Waals surface area contributed by atoms with Gasteiger partial charge in [-0.3, -0.25) is 19.6 Å². The predicted octanol–water partition coefficient (Wildman–Crippen LogP) is 3.54. The van der Waals surface area contributed by atoms with Crippen LogP contribution in [0, 0.1) is 13.8 Å². The van der Waals surface area contributed by atoms with Crippen LogP contribution >= 0.6 is 11.6 Å². The molecule has 0 aliphatic carbocycles. The van der Waals surface area contributed by atoms with E-state index in [1.807, 2.05) is 24.3 Å². The number of nitrogens with one attached hydrogen (secondary N) is 1. The van der Waals surface area contributed by atoms with Crippen molar-refractivity contribution >= 4 is 29.2 Å². The van der Waals surface area contributed by atoms with Crippen molar-refractivity contribution in [1.82, 2.24) is 19.6 Å². The molecule has 0 aliphatic heterocycles. The number of hydrogen-bond donors (Lipinski definition) is 1. The zero-order valence-corrected chi connectivity index (χ0v) is 18.0. The largest absolute Gasteiger partial charge is 0.497 e. The normalized spacial score (nSPS) is 11.0. The topological polar surface area (TPSA) is 92.6 Å². The van der Waals surface area contributed by atoms with E-state index in [4.69, 9.17) is 16.3 Å². The molecule has 31 heavy (non-hydrogen) atoms. The van der Waals surface area contributed by atoms with Crippen LogP contribution in [0.25, 0.3) is 5.78 Å². The molecule has 0 fully saturated rings. The summed E-state index contributed by atoms with van der Waals surface area (Å²) >= 11 is 5.97. The number of halogens is 1. The lowest BCUT2D eigenvalue weighted by Gasteiger charge is -2.20. The average molecular weight is 438 g/mol. The van der Waals surface area contributed by atoms with E-state index in [1.54, 1.807) is 45.2 Å². The minimum Gasteiger partial charge on any atom is -0.497 e. The van der Waals surface area contributed by atoms with Crippen molar-refractivity contribution in [3.8, 4) is 5.75 Å². The lowest BCUT2D eigenvalue weighted by Crippen LogP contribution is -2.31. The van der Waals surface area contributed by atoms with Gasteiger partial charge in [0.25, 0.3) is 17.2 Å². The number of hydrogen-bond acceptors (Lipinski definition) is 5. The van der Waals surface area contributed by atoms with Crippen LogP contribution in [0.4, 0.5) is 5.95 Å². The number of ether oxygens (including phenoxy) is 1. The quantitative estimate of drug-likeness (QED) is 0.515. The van der Waals surface area contributed by atoms with Crippen LogP contribution in [0.5, 0.6) is 5.75 Å². The van der Waals surface area contributed by atoms with Crippen molar-refractivity contribution in [2.45, 2.75) is 20.4 Å². The monoisotopic (exact) mass is 437 g/mol. The number of anilines is 1. The minimum atomic E-state index is -0.298. The summed E-state index contributed by atoms with van der Waals surface area (Å²) < 4.78 is 6.45. The van der Waals surface area contributed by atoms with Gasteiger partial charge in [0.1, 0.15) is 5.75 Å². The molecule has 4 rings (SSSR count). The molecular formula is C22H20ClN5O3. The van der Waals surface area contributed by atoms with Crippen molar-refractivity contribution in [2.75, 3.05) is 12.0 Å². The first-order valence-electron chi connectivity index (χ1n) is 9.53. The Balaban J connectivity index is 1.80. The third-order valence-electron chi connectivity index (χ3n) is 5.04. The van der Waals surface area contributed by atoms with E-state index in [2.05, 4.69) is 15.1 Å². The molecule has 0 saturated heterocycles. The van der Waals surface area contributed by atoms with Gasteiger partial charge in [-0.1, -0.05) is 23.7 Å². The van der Waals surface area contributed by atoms with Crippen molar-refractivity contribution in [2.24, 2.45) is 0 Å². The zero-order chi connectivity index (χ0) is 22.1. The molecule has 0 saturated carbocycles. The summed E-state index contributed by atoms with van der Waals surface area (Å²) in [5, 5.41) is 3.45. The summed E-state index contributed by atoms with van der Waals surface area (Å²) in [5.41, 5.74) is 2.14. The maximum atomic E-state index is 13.4. The Morgan fingerprint density at radius 1 is 1.10 bits per heavy atom. The molecule has 0 bridgehead atoms. The highest BCUT2D eigenvalue weighted by Gasteiger charge is 2.23. The summed E-state index contributed by atoms with van der Waals surface area (Å²) in [6, 6.07) is 14.0. The Bertz CT molecular complexity index is 1310. The first kappa shape index (κ1) is 20.6. The van der Waals surface area contributed by atoms with Crippen LogP contribution < -0.4 is 15.2 Å². The SMILES string of the molecule is COc1ccc(CN(C(=O)c2ccc(Cl)cc2)c2nc3nc(C)c(C)c(=O)n3[nH]2)cc1. The molecule has 0 atom stereocenters. The van der Waals surface area contributed by atoms with Crippen molar-refractivity contribution in [1.29, 1.82) is 0 Å². The van der Waals surface area contributed by atoms with E-state index in [-0.39, 0.29) is 29.7 Å². The van der Waals surface area contributed by atoms with Gasteiger partial charge in [-0.2, -0.15) is 9.50 Å². The fraction of sp³-hybridized carbons (Fsp3) is 0.182.